The van der Waals surface area contributed by atoms with Crippen LogP contribution in [0.5, 0.6) is 0 Å². The minimum atomic E-state index is -0.754. The maximum absolute atomic E-state index is 13.3. The van der Waals surface area contributed by atoms with Crippen molar-refractivity contribution in [2.75, 3.05) is 44.3 Å². The monoisotopic (exact) mass is 460 g/mol. The van der Waals surface area contributed by atoms with Crippen LogP contribution in [-0.4, -0.2) is 79.6 Å². The molecule has 3 amide bonds. The molecule has 0 aromatic heterocycles. The fourth-order valence-electron chi connectivity index (χ4n) is 4.97. The molecule has 1 saturated carbocycles. The van der Waals surface area contributed by atoms with E-state index in [9.17, 15) is 19.6 Å². The molecule has 4 atom stereocenters. The van der Waals surface area contributed by atoms with Gasteiger partial charge < -0.3 is 24.6 Å². The largest absolute Gasteiger partial charge is 0.446 e. The lowest BCUT2D eigenvalue weighted by molar-refractivity contribution is -0.149. The highest BCUT2D eigenvalue weighted by atomic mass is 16.6. The smallest absolute Gasteiger partial charge is 0.407 e. The second-order valence-electron chi connectivity index (χ2n) is 8.88. The van der Waals surface area contributed by atoms with Crippen LogP contribution in [-0.2, 0) is 19.1 Å². The number of alkyl carbamates (subject to hydrolysis) is 1. The number of carbonyl (C=O) groups is 3. The zero-order chi connectivity index (χ0) is 23.2. The van der Waals surface area contributed by atoms with Crippen molar-refractivity contribution >= 4 is 23.6 Å². The molecule has 1 aromatic rings. The summed E-state index contributed by atoms with van der Waals surface area (Å²) in [5.41, 5.74) is 2.82. The van der Waals surface area contributed by atoms with Crippen LogP contribution in [0.2, 0.25) is 0 Å². The Morgan fingerprint density at radius 1 is 1.00 bits per heavy atom. The maximum atomic E-state index is 13.3. The summed E-state index contributed by atoms with van der Waals surface area (Å²) in [6.07, 6.45) is 0.809. The van der Waals surface area contributed by atoms with Gasteiger partial charge in [0.15, 0.2) is 0 Å². The number of piperazine rings is 1. The zero-order valence-electron chi connectivity index (χ0n) is 18.7. The number of ether oxygens (including phenoxy) is 2. The summed E-state index contributed by atoms with van der Waals surface area (Å²) in [6, 6.07) is 10.00. The Balaban J connectivity index is 1.32. The van der Waals surface area contributed by atoms with Crippen molar-refractivity contribution in [1.82, 2.24) is 15.7 Å². The second-order valence-corrected chi connectivity index (χ2v) is 8.88. The number of hydrogen-bond acceptors (Lipinski definition) is 7. The van der Waals surface area contributed by atoms with Gasteiger partial charge in [-0.05, 0) is 37.8 Å². The second kappa shape index (κ2) is 10.8. The Morgan fingerprint density at radius 2 is 1.76 bits per heavy atom. The third kappa shape index (κ3) is 5.75. The van der Waals surface area contributed by atoms with E-state index in [1.807, 2.05) is 18.2 Å². The number of hydrogen-bond donors (Lipinski definition) is 3. The van der Waals surface area contributed by atoms with Gasteiger partial charge in [0.1, 0.15) is 6.10 Å². The Hall–Kier alpha value is -2.85. The number of benzene rings is 1. The van der Waals surface area contributed by atoms with Crippen molar-refractivity contribution in [3.05, 3.63) is 30.3 Å². The minimum absolute atomic E-state index is 0.0680. The van der Waals surface area contributed by atoms with Crippen LogP contribution in [0, 0.1) is 11.8 Å². The third-order valence-corrected chi connectivity index (χ3v) is 6.80. The Labute approximate surface area is 193 Å². The fraction of sp³-hybridized carbons (Fsp3) is 0.609. The topological polar surface area (TPSA) is 120 Å². The number of carbonyl (C=O) groups excluding carboxylic acids is 3. The summed E-state index contributed by atoms with van der Waals surface area (Å²) < 4.78 is 10.8. The number of hydroxylamine groups is 1. The van der Waals surface area contributed by atoms with Gasteiger partial charge in [0.2, 0.25) is 11.8 Å². The van der Waals surface area contributed by atoms with Crippen molar-refractivity contribution in [2.24, 2.45) is 11.8 Å². The van der Waals surface area contributed by atoms with E-state index in [2.05, 4.69) is 22.3 Å². The van der Waals surface area contributed by atoms with Crippen molar-refractivity contribution in [3.63, 3.8) is 0 Å². The van der Waals surface area contributed by atoms with E-state index in [0.29, 0.717) is 39.1 Å². The van der Waals surface area contributed by atoms with E-state index < -0.39 is 29.9 Å². The van der Waals surface area contributed by atoms with Gasteiger partial charge in [0.25, 0.3) is 0 Å². The van der Waals surface area contributed by atoms with Crippen molar-refractivity contribution < 1.29 is 29.1 Å². The molecule has 33 heavy (non-hydrogen) atoms. The summed E-state index contributed by atoms with van der Waals surface area (Å²) in [5.74, 6) is -2.00. The number of amides is 3. The molecule has 3 N–H and O–H groups in total. The van der Waals surface area contributed by atoms with E-state index in [1.54, 1.807) is 10.4 Å². The van der Waals surface area contributed by atoms with Crippen LogP contribution < -0.4 is 15.7 Å². The number of rotatable bonds is 5. The molecular weight excluding hydrogens is 428 g/mol. The van der Waals surface area contributed by atoms with Crippen molar-refractivity contribution in [2.45, 2.75) is 37.8 Å². The zero-order valence-corrected chi connectivity index (χ0v) is 18.7. The predicted molar refractivity (Wildman–Crippen MR) is 119 cm³/mol. The van der Waals surface area contributed by atoms with Gasteiger partial charge in [0.05, 0.1) is 24.5 Å². The molecule has 4 rings (SSSR count). The lowest BCUT2D eigenvalue weighted by Gasteiger charge is -2.40. The molecule has 10 heteroatoms. The van der Waals surface area contributed by atoms with Crippen LogP contribution in [0.3, 0.4) is 0 Å². The SMILES string of the molecule is O=C(NC1CCOC1)O[C@@H]1CC[C@H](C(=O)N2CCN(c3ccccc3)CC2)[C@@H](C(=O)NO)C1. The molecule has 10 nitrogen and oxygen atoms in total. The maximum Gasteiger partial charge on any atom is 0.407 e. The molecular formula is C23H32N4O6. The van der Waals surface area contributed by atoms with Crippen LogP contribution in [0.1, 0.15) is 25.7 Å². The number of nitrogens with zero attached hydrogens (tertiary/aromatic N) is 2. The standard InChI is InChI=1S/C23H32N4O6/c28-21(25-31)20-14-18(33-23(30)24-16-8-13-32-15-16)6-7-19(20)22(29)27-11-9-26(10-12-27)17-4-2-1-3-5-17/h1-5,16,18-20,31H,6-15H2,(H,24,30)(H,25,28)/t16?,18-,19+,20+/m1/s1. The average molecular weight is 461 g/mol. The van der Waals surface area contributed by atoms with Crippen LogP contribution in [0.15, 0.2) is 30.3 Å². The van der Waals surface area contributed by atoms with Gasteiger partial charge in [-0.25, -0.2) is 10.3 Å². The summed E-state index contributed by atoms with van der Waals surface area (Å²) in [5, 5.41) is 12.0. The van der Waals surface area contributed by atoms with E-state index in [1.165, 1.54) is 0 Å². The Bertz CT molecular complexity index is 824. The van der Waals surface area contributed by atoms with Crippen LogP contribution in [0.25, 0.3) is 0 Å². The molecule has 2 heterocycles. The molecule has 0 radical (unpaired) electrons. The Morgan fingerprint density at radius 3 is 2.42 bits per heavy atom. The van der Waals surface area contributed by atoms with Gasteiger partial charge in [-0.15, -0.1) is 0 Å². The average Bonchev–Trinajstić information content (AvgIpc) is 3.36. The van der Waals surface area contributed by atoms with Gasteiger partial charge in [-0.1, -0.05) is 18.2 Å². The van der Waals surface area contributed by atoms with Gasteiger partial charge >= 0.3 is 6.09 Å². The first kappa shape index (κ1) is 23.3. The lowest BCUT2D eigenvalue weighted by Crippen LogP contribution is -2.53. The highest BCUT2D eigenvalue weighted by molar-refractivity contribution is 5.87. The first-order valence-corrected chi connectivity index (χ1v) is 11.6. The van der Waals surface area contributed by atoms with Gasteiger partial charge in [0, 0.05) is 38.5 Å². The number of anilines is 1. The fourth-order valence-corrected chi connectivity index (χ4v) is 4.97. The molecule has 2 aliphatic heterocycles. The summed E-state index contributed by atoms with van der Waals surface area (Å²) in [6.45, 7) is 3.65. The van der Waals surface area contributed by atoms with Crippen LogP contribution >= 0.6 is 0 Å². The van der Waals surface area contributed by atoms with Crippen molar-refractivity contribution in [1.29, 1.82) is 0 Å². The van der Waals surface area contributed by atoms with E-state index in [-0.39, 0.29) is 18.4 Å². The quantitative estimate of drug-likeness (QED) is 0.445. The molecule has 2 saturated heterocycles. The number of para-hydroxylation sites is 1. The Kier molecular flexibility index (Phi) is 7.66. The summed E-state index contributed by atoms with van der Waals surface area (Å²) >= 11 is 0. The normalized spacial score (nSPS) is 27.7. The highest BCUT2D eigenvalue weighted by Gasteiger charge is 2.42. The molecule has 3 fully saturated rings. The molecule has 3 aliphatic rings. The summed E-state index contributed by atoms with van der Waals surface area (Å²) in [4.78, 5) is 41.9. The predicted octanol–water partition coefficient (Wildman–Crippen LogP) is 1.14. The highest BCUT2D eigenvalue weighted by Crippen LogP contribution is 2.34. The minimum Gasteiger partial charge on any atom is -0.446 e. The van der Waals surface area contributed by atoms with E-state index in [4.69, 9.17) is 9.47 Å². The van der Waals surface area contributed by atoms with Crippen LogP contribution in [0.4, 0.5) is 10.5 Å². The molecule has 0 bridgehead atoms. The van der Waals surface area contributed by atoms with Crippen molar-refractivity contribution in [3.8, 4) is 0 Å². The molecule has 0 spiro atoms. The van der Waals surface area contributed by atoms with Gasteiger partial charge in [-0.2, -0.15) is 0 Å². The molecule has 1 aromatic carbocycles. The number of nitrogens with one attached hydrogen (secondary N) is 2. The molecule has 1 unspecified atom stereocenters. The summed E-state index contributed by atoms with van der Waals surface area (Å²) in [7, 11) is 0. The first-order chi connectivity index (χ1) is 16.0. The lowest BCUT2D eigenvalue weighted by atomic mass is 9.76. The van der Waals surface area contributed by atoms with E-state index in [0.717, 1.165) is 25.2 Å². The molecule has 180 valence electrons. The molecule has 1 aliphatic carbocycles. The van der Waals surface area contributed by atoms with E-state index >= 15 is 0 Å². The van der Waals surface area contributed by atoms with Gasteiger partial charge in [-0.3, -0.25) is 14.8 Å². The first-order valence-electron chi connectivity index (χ1n) is 11.6. The third-order valence-electron chi connectivity index (χ3n) is 6.80.